The minimum atomic E-state index is -0.846. The highest BCUT2D eigenvalue weighted by Gasteiger charge is 2.18. The highest BCUT2D eigenvalue weighted by molar-refractivity contribution is 5.76. The van der Waals surface area contributed by atoms with E-state index in [2.05, 4.69) is 31.3 Å². The van der Waals surface area contributed by atoms with Gasteiger partial charge >= 0.3 is 5.97 Å². The summed E-state index contributed by atoms with van der Waals surface area (Å²) in [5.41, 5.74) is 0. The molecule has 2 atom stereocenters. The minimum Gasteiger partial charge on any atom is -0.466 e. The van der Waals surface area contributed by atoms with Crippen LogP contribution in [0.3, 0.4) is 0 Å². The van der Waals surface area contributed by atoms with Crippen LogP contribution in [-0.2, 0) is 14.3 Å². The molecule has 0 bridgehead atoms. The predicted octanol–water partition coefficient (Wildman–Crippen LogP) is 24.9. The van der Waals surface area contributed by atoms with E-state index in [1.165, 1.54) is 366 Å². The zero-order valence-corrected chi connectivity index (χ0v) is 56.5. The maximum Gasteiger partial charge on any atom is 0.305 e. The van der Waals surface area contributed by atoms with Gasteiger partial charge in [-0.05, 0) is 57.8 Å². The highest BCUT2D eigenvalue weighted by atomic mass is 16.5. The molecule has 0 fully saturated rings. The third-order valence-corrected chi connectivity index (χ3v) is 18.0. The molecule has 0 spiro atoms. The van der Waals surface area contributed by atoms with Crippen molar-refractivity contribution in [3.05, 3.63) is 24.3 Å². The standard InChI is InChI=1S/C77H149NO5/c1-3-5-7-9-11-13-15-17-19-21-22-23-31-34-38-41-45-49-53-57-61-65-69-75(80)74(73-79)78-76(81)70-66-62-58-54-50-46-42-39-35-32-29-27-25-24-26-28-30-33-36-40-44-48-52-56-60-64-68-72-83-77(82)71-67-63-59-55-51-47-43-37-20-18-16-14-12-10-8-6-4-2/h24-25,65,69,74-75,79-80H,3-23,26-64,66-68,70-73H2,1-2H3,(H,78,81)/b25-24-,69-65+. The number of amides is 1. The first-order valence-corrected chi connectivity index (χ1v) is 38.1. The molecule has 0 radical (unpaired) electrons. The molecule has 0 aromatic rings. The van der Waals surface area contributed by atoms with Crippen molar-refractivity contribution in [2.45, 2.75) is 443 Å². The zero-order valence-electron chi connectivity index (χ0n) is 56.5. The van der Waals surface area contributed by atoms with E-state index in [0.29, 0.717) is 19.4 Å². The number of allylic oxidation sites excluding steroid dienone is 3. The van der Waals surface area contributed by atoms with Gasteiger partial charge in [0.05, 0.1) is 25.4 Å². The van der Waals surface area contributed by atoms with E-state index in [-0.39, 0.29) is 18.5 Å². The number of rotatable bonds is 72. The summed E-state index contributed by atoms with van der Waals surface area (Å²) in [7, 11) is 0. The van der Waals surface area contributed by atoms with Crippen molar-refractivity contribution in [3.8, 4) is 0 Å². The first-order chi connectivity index (χ1) is 41.0. The fraction of sp³-hybridized carbons (Fsp3) is 0.922. The van der Waals surface area contributed by atoms with E-state index in [4.69, 9.17) is 4.74 Å². The molecule has 0 rings (SSSR count). The Labute approximate surface area is 520 Å². The molecule has 0 heterocycles. The van der Waals surface area contributed by atoms with Crippen LogP contribution in [0.5, 0.6) is 0 Å². The van der Waals surface area contributed by atoms with Crippen molar-refractivity contribution >= 4 is 11.9 Å². The molecular weight excluding hydrogens is 1020 g/mol. The molecule has 492 valence electrons. The van der Waals surface area contributed by atoms with Crippen LogP contribution in [0.4, 0.5) is 0 Å². The molecular formula is C77H149NO5. The van der Waals surface area contributed by atoms with Crippen molar-refractivity contribution in [2.24, 2.45) is 0 Å². The van der Waals surface area contributed by atoms with Gasteiger partial charge in [-0.1, -0.05) is 385 Å². The van der Waals surface area contributed by atoms with Crippen LogP contribution in [0.25, 0.3) is 0 Å². The fourth-order valence-electron chi connectivity index (χ4n) is 12.2. The number of nitrogens with one attached hydrogen (secondary N) is 1. The zero-order chi connectivity index (χ0) is 59.9. The summed E-state index contributed by atoms with van der Waals surface area (Å²) in [5.74, 6) is -0.0444. The second-order valence-electron chi connectivity index (χ2n) is 26.3. The van der Waals surface area contributed by atoms with Crippen LogP contribution in [0, 0.1) is 0 Å². The van der Waals surface area contributed by atoms with Gasteiger partial charge in [0.2, 0.25) is 5.91 Å². The molecule has 6 nitrogen and oxygen atoms in total. The van der Waals surface area contributed by atoms with Crippen LogP contribution >= 0.6 is 0 Å². The molecule has 6 heteroatoms. The van der Waals surface area contributed by atoms with Crippen LogP contribution < -0.4 is 5.32 Å². The number of hydrogen-bond donors (Lipinski definition) is 3. The molecule has 0 saturated carbocycles. The number of carbonyl (C=O) groups excluding carboxylic acids is 2. The van der Waals surface area contributed by atoms with Crippen LogP contribution in [0.1, 0.15) is 431 Å². The van der Waals surface area contributed by atoms with Gasteiger partial charge in [0.15, 0.2) is 0 Å². The van der Waals surface area contributed by atoms with Crippen molar-refractivity contribution in [1.29, 1.82) is 0 Å². The maximum atomic E-state index is 12.5. The average Bonchev–Trinajstić information content (AvgIpc) is 3.49. The molecule has 0 aromatic heterocycles. The molecule has 3 N–H and O–H groups in total. The summed E-state index contributed by atoms with van der Waals surface area (Å²) in [5, 5.41) is 23.3. The van der Waals surface area contributed by atoms with E-state index >= 15 is 0 Å². The lowest BCUT2D eigenvalue weighted by molar-refractivity contribution is -0.143. The van der Waals surface area contributed by atoms with E-state index in [9.17, 15) is 19.8 Å². The van der Waals surface area contributed by atoms with E-state index < -0.39 is 12.1 Å². The van der Waals surface area contributed by atoms with E-state index in [1.54, 1.807) is 6.08 Å². The molecule has 0 aromatic carbocycles. The summed E-state index contributed by atoms with van der Waals surface area (Å²) in [4.78, 5) is 24.6. The van der Waals surface area contributed by atoms with Crippen LogP contribution in [0.2, 0.25) is 0 Å². The molecule has 0 aliphatic heterocycles. The summed E-state index contributed by atoms with van der Waals surface area (Å²) >= 11 is 0. The van der Waals surface area contributed by atoms with Gasteiger partial charge in [0.1, 0.15) is 0 Å². The SMILES string of the molecule is CCCCCCCCCCCCCCCCCCCCCC/C=C/C(O)C(CO)NC(=O)CCCCCCCCCCCCC/C=C\CCCCCCCCCCCCCCOC(=O)CCCCCCCCCCCCCCCCCCC. The summed E-state index contributed by atoms with van der Waals surface area (Å²) < 4.78 is 5.51. The number of ether oxygens (including phenoxy) is 1. The van der Waals surface area contributed by atoms with Gasteiger partial charge in [-0.15, -0.1) is 0 Å². The van der Waals surface area contributed by atoms with Crippen LogP contribution in [-0.4, -0.2) is 47.4 Å². The van der Waals surface area contributed by atoms with Gasteiger partial charge in [-0.25, -0.2) is 0 Å². The quantitative estimate of drug-likeness (QED) is 0.0320. The Morgan fingerprint density at radius 3 is 0.855 bits per heavy atom. The number of aliphatic hydroxyl groups excluding tert-OH is 2. The Kier molecular flexibility index (Phi) is 71.4. The van der Waals surface area contributed by atoms with Crippen molar-refractivity contribution < 1.29 is 24.5 Å². The lowest BCUT2D eigenvalue weighted by Gasteiger charge is -2.20. The normalized spacial score (nSPS) is 12.6. The number of carbonyl (C=O) groups is 2. The smallest absolute Gasteiger partial charge is 0.305 e. The fourth-order valence-corrected chi connectivity index (χ4v) is 12.2. The van der Waals surface area contributed by atoms with Gasteiger partial charge in [-0.2, -0.15) is 0 Å². The Balaban J connectivity index is 3.39. The monoisotopic (exact) mass is 1170 g/mol. The number of aliphatic hydroxyl groups is 2. The van der Waals surface area contributed by atoms with E-state index in [0.717, 1.165) is 38.5 Å². The second kappa shape index (κ2) is 72.8. The van der Waals surface area contributed by atoms with Gasteiger partial charge in [0, 0.05) is 12.8 Å². The van der Waals surface area contributed by atoms with Gasteiger partial charge < -0.3 is 20.3 Å². The molecule has 1 amide bonds. The average molecular weight is 1170 g/mol. The highest BCUT2D eigenvalue weighted by Crippen LogP contribution is 2.19. The Morgan fingerprint density at radius 1 is 0.325 bits per heavy atom. The molecule has 0 saturated heterocycles. The first-order valence-electron chi connectivity index (χ1n) is 38.1. The lowest BCUT2D eigenvalue weighted by Crippen LogP contribution is -2.45. The van der Waals surface area contributed by atoms with Gasteiger partial charge in [0.25, 0.3) is 0 Å². The maximum absolute atomic E-state index is 12.5. The first kappa shape index (κ1) is 81.3. The molecule has 2 unspecified atom stereocenters. The molecule has 0 aliphatic rings. The van der Waals surface area contributed by atoms with Crippen molar-refractivity contribution in [1.82, 2.24) is 5.32 Å². The topological polar surface area (TPSA) is 95.9 Å². The predicted molar refractivity (Wildman–Crippen MR) is 366 cm³/mol. The lowest BCUT2D eigenvalue weighted by atomic mass is 10.0. The minimum absolute atomic E-state index is 0.0197. The Bertz CT molecular complexity index is 1300. The molecule has 0 aliphatic carbocycles. The van der Waals surface area contributed by atoms with E-state index in [1.807, 2.05) is 6.08 Å². The van der Waals surface area contributed by atoms with Crippen LogP contribution in [0.15, 0.2) is 24.3 Å². The number of unbranched alkanes of at least 4 members (excludes halogenated alkanes) is 59. The summed E-state index contributed by atoms with van der Waals surface area (Å²) in [6, 6.07) is -0.630. The van der Waals surface area contributed by atoms with Gasteiger partial charge in [-0.3, -0.25) is 9.59 Å². The summed E-state index contributed by atoms with van der Waals surface area (Å²) in [6.45, 7) is 4.96. The second-order valence-corrected chi connectivity index (χ2v) is 26.3. The largest absolute Gasteiger partial charge is 0.466 e. The third-order valence-electron chi connectivity index (χ3n) is 18.0. The summed E-state index contributed by atoms with van der Waals surface area (Å²) in [6.07, 6.45) is 92.8. The number of esters is 1. The van der Waals surface area contributed by atoms with Crippen molar-refractivity contribution in [2.75, 3.05) is 13.2 Å². The Morgan fingerprint density at radius 2 is 0.566 bits per heavy atom. The number of hydrogen-bond acceptors (Lipinski definition) is 5. The third kappa shape index (κ3) is 69.3. The van der Waals surface area contributed by atoms with Crippen molar-refractivity contribution in [3.63, 3.8) is 0 Å². The molecule has 83 heavy (non-hydrogen) atoms. The Hall–Kier alpha value is -1.66.